The van der Waals surface area contributed by atoms with Crippen LogP contribution in [0.5, 0.6) is 0 Å². The quantitative estimate of drug-likeness (QED) is 0.300. The molecule has 1 unspecified atom stereocenters. The lowest BCUT2D eigenvalue weighted by Crippen LogP contribution is -2.18. The van der Waals surface area contributed by atoms with Crippen molar-refractivity contribution < 1.29 is 18.3 Å². The van der Waals surface area contributed by atoms with Crippen LogP contribution in [0.1, 0.15) is 36.4 Å². The summed E-state index contributed by atoms with van der Waals surface area (Å²) in [6, 6.07) is 7.57. The third-order valence-corrected chi connectivity index (χ3v) is 8.72. The number of fused-ring (bicyclic) bond motifs is 3. The van der Waals surface area contributed by atoms with Crippen LogP contribution in [-0.4, -0.2) is 35.3 Å². The van der Waals surface area contributed by atoms with E-state index >= 15 is 0 Å². The van der Waals surface area contributed by atoms with Gasteiger partial charge in [-0.05, 0) is 42.7 Å². The second-order valence-electron chi connectivity index (χ2n) is 7.57. The molecular formula is C21H20ClIN2O4S2. The molecule has 1 atom stereocenters. The molecule has 6 nitrogen and oxygen atoms in total. The Morgan fingerprint density at radius 1 is 1.39 bits per heavy atom. The highest BCUT2D eigenvalue weighted by atomic mass is 127. The number of alkyl halides is 1. The van der Waals surface area contributed by atoms with Gasteiger partial charge in [0.1, 0.15) is 0 Å². The van der Waals surface area contributed by atoms with Crippen molar-refractivity contribution in [3.63, 3.8) is 0 Å². The van der Waals surface area contributed by atoms with E-state index in [1.54, 1.807) is 0 Å². The Hall–Kier alpha value is -1.30. The minimum atomic E-state index is -3.58. The zero-order valence-corrected chi connectivity index (χ0v) is 21.2. The van der Waals surface area contributed by atoms with E-state index in [4.69, 9.17) is 11.6 Å². The van der Waals surface area contributed by atoms with E-state index in [0.29, 0.717) is 10.4 Å². The standard InChI is InChI=1S/C21H20ClIN2O4S2/c1-31(28,29)21-18-16(6-7-24-21)25-8-2-3-12(10-17(26)27)19(25)20(18)30-14-4-5-15(22)13(9-14)11-23/h4-7,9,12H,2-3,8,10-11H2,1H3,(H,26,27). The van der Waals surface area contributed by atoms with E-state index in [1.807, 2.05) is 24.3 Å². The first-order chi connectivity index (χ1) is 14.7. The number of nitrogens with zero attached hydrogens (tertiary/aromatic N) is 2. The van der Waals surface area contributed by atoms with Gasteiger partial charge in [0.25, 0.3) is 0 Å². The largest absolute Gasteiger partial charge is 0.481 e. The minimum absolute atomic E-state index is 0.00510. The Labute approximate surface area is 203 Å². The zero-order chi connectivity index (χ0) is 22.3. The number of aryl methyl sites for hydroxylation is 1. The topological polar surface area (TPSA) is 89.3 Å². The first kappa shape index (κ1) is 22.9. The van der Waals surface area contributed by atoms with E-state index < -0.39 is 15.8 Å². The Kier molecular flexibility index (Phi) is 6.58. The van der Waals surface area contributed by atoms with Crippen LogP contribution < -0.4 is 0 Å². The molecule has 2 aromatic heterocycles. The highest BCUT2D eigenvalue weighted by molar-refractivity contribution is 14.1. The lowest BCUT2D eigenvalue weighted by atomic mass is 9.93. The van der Waals surface area contributed by atoms with Gasteiger partial charge in [0.05, 0.1) is 17.3 Å². The Morgan fingerprint density at radius 2 is 2.16 bits per heavy atom. The van der Waals surface area contributed by atoms with Crippen molar-refractivity contribution in [1.29, 1.82) is 0 Å². The molecule has 0 amide bonds. The van der Waals surface area contributed by atoms with Crippen molar-refractivity contribution in [2.75, 3.05) is 6.26 Å². The first-order valence-electron chi connectivity index (χ1n) is 9.66. The van der Waals surface area contributed by atoms with Gasteiger partial charge < -0.3 is 9.67 Å². The maximum atomic E-state index is 12.6. The fourth-order valence-corrected chi connectivity index (χ4v) is 7.35. The predicted octanol–water partition coefficient (Wildman–Crippen LogP) is 5.53. The van der Waals surface area contributed by atoms with Crippen LogP contribution in [0.15, 0.2) is 45.3 Å². The van der Waals surface area contributed by atoms with Crippen LogP contribution in [0.3, 0.4) is 0 Å². The lowest BCUT2D eigenvalue weighted by Gasteiger charge is -2.25. The molecule has 1 aliphatic heterocycles. The molecule has 0 aliphatic carbocycles. The monoisotopic (exact) mass is 590 g/mol. The third kappa shape index (κ3) is 4.46. The van der Waals surface area contributed by atoms with Crippen molar-refractivity contribution in [2.45, 2.75) is 51.0 Å². The smallest absolute Gasteiger partial charge is 0.304 e. The molecule has 10 heteroatoms. The van der Waals surface area contributed by atoms with Gasteiger partial charge in [0.2, 0.25) is 0 Å². The number of hydrogen-bond acceptors (Lipinski definition) is 5. The number of pyridine rings is 1. The van der Waals surface area contributed by atoms with Gasteiger partial charge in [0.15, 0.2) is 14.9 Å². The van der Waals surface area contributed by atoms with E-state index in [9.17, 15) is 18.3 Å². The number of rotatable bonds is 6. The number of hydrogen-bond donors (Lipinski definition) is 1. The first-order valence-corrected chi connectivity index (χ1v) is 14.3. The Morgan fingerprint density at radius 3 is 2.84 bits per heavy atom. The average Bonchev–Trinajstić information content (AvgIpc) is 3.03. The number of carboxylic acid groups (broad SMARTS) is 1. The maximum Gasteiger partial charge on any atom is 0.304 e. The van der Waals surface area contributed by atoms with Crippen LogP contribution in [0.4, 0.5) is 0 Å². The van der Waals surface area contributed by atoms with Crippen molar-refractivity contribution in [1.82, 2.24) is 9.55 Å². The minimum Gasteiger partial charge on any atom is -0.481 e. The molecule has 0 fully saturated rings. The molecule has 0 radical (unpaired) electrons. The Bertz CT molecular complexity index is 1290. The van der Waals surface area contributed by atoms with Gasteiger partial charge in [-0.25, -0.2) is 13.4 Å². The van der Waals surface area contributed by atoms with Crippen LogP contribution in [0, 0.1) is 0 Å². The molecule has 1 N–H and O–H groups in total. The maximum absolute atomic E-state index is 12.6. The molecule has 31 heavy (non-hydrogen) atoms. The number of benzene rings is 1. The van der Waals surface area contributed by atoms with Crippen molar-refractivity contribution in [2.24, 2.45) is 0 Å². The van der Waals surface area contributed by atoms with Gasteiger partial charge in [-0.1, -0.05) is 46.0 Å². The van der Waals surface area contributed by atoms with Crippen molar-refractivity contribution in [3.8, 4) is 0 Å². The van der Waals surface area contributed by atoms with Crippen LogP contribution in [0.25, 0.3) is 10.9 Å². The van der Waals surface area contributed by atoms with Crippen LogP contribution in [0.2, 0.25) is 5.02 Å². The summed E-state index contributed by atoms with van der Waals surface area (Å²) in [5.74, 6) is -1.05. The van der Waals surface area contributed by atoms with Crippen molar-refractivity contribution in [3.05, 3.63) is 46.7 Å². The van der Waals surface area contributed by atoms with E-state index in [-0.39, 0.29) is 17.4 Å². The summed E-state index contributed by atoms with van der Waals surface area (Å²) in [6.45, 7) is 0.718. The highest BCUT2D eigenvalue weighted by Gasteiger charge is 2.32. The van der Waals surface area contributed by atoms with Crippen LogP contribution >= 0.6 is 46.0 Å². The summed E-state index contributed by atoms with van der Waals surface area (Å²) >= 11 is 9.99. The van der Waals surface area contributed by atoms with E-state index in [0.717, 1.165) is 56.6 Å². The van der Waals surface area contributed by atoms with Gasteiger partial charge >= 0.3 is 5.97 Å². The molecular weight excluding hydrogens is 571 g/mol. The SMILES string of the molecule is CS(=O)(=O)c1nccc2c1c(Sc1ccc(Cl)c(CI)c1)c1n2CCCC1CC(=O)O. The van der Waals surface area contributed by atoms with Gasteiger partial charge in [-0.2, -0.15) is 0 Å². The molecule has 3 heterocycles. The summed E-state index contributed by atoms with van der Waals surface area (Å²) in [5.41, 5.74) is 2.66. The number of aliphatic carboxylic acids is 1. The average molecular weight is 591 g/mol. The van der Waals surface area contributed by atoms with Crippen molar-refractivity contribution >= 4 is 72.7 Å². The Balaban J connectivity index is 2.00. The molecule has 0 bridgehead atoms. The highest BCUT2D eigenvalue weighted by Crippen LogP contribution is 2.47. The fourth-order valence-electron chi connectivity index (χ4n) is 4.16. The lowest BCUT2D eigenvalue weighted by molar-refractivity contribution is -0.137. The number of carboxylic acids is 1. The van der Waals surface area contributed by atoms with E-state index in [2.05, 4.69) is 32.1 Å². The van der Waals surface area contributed by atoms with E-state index in [1.165, 1.54) is 18.0 Å². The molecule has 1 aromatic carbocycles. The number of aromatic nitrogens is 2. The predicted molar refractivity (Wildman–Crippen MR) is 130 cm³/mol. The van der Waals surface area contributed by atoms with Crippen LogP contribution in [-0.2, 0) is 25.6 Å². The second-order valence-corrected chi connectivity index (χ2v) is 11.8. The number of sulfone groups is 1. The summed E-state index contributed by atoms with van der Waals surface area (Å²) in [4.78, 5) is 17.5. The molecule has 0 spiro atoms. The summed E-state index contributed by atoms with van der Waals surface area (Å²) < 4.78 is 28.0. The molecule has 1 aliphatic rings. The zero-order valence-electron chi connectivity index (χ0n) is 16.6. The molecule has 0 saturated carbocycles. The summed E-state index contributed by atoms with van der Waals surface area (Å²) in [5, 5.41) is 10.8. The molecule has 0 saturated heterocycles. The third-order valence-electron chi connectivity index (χ3n) is 5.41. The molecule has 164 valence electrons. The normalized spacial score (nSPS) is 16.4. The molecule has 4 rings (SSSR count). The summed E-state index contributed by atoms with van der Waals surface area (Å²) in [6.07, 6.45) is 4.26. The number of halogens is 2. The van der Waals surface area contributed by atoms with Gasteiger partial charge in [-0.3, -0.25) is 4.79 Å². The molecule has 3 aromatic rings. The second kappa shape index (κ2) is 8.92. The number of carbonyl (C=O) groups is 1. The van der Waals surface area contributed by atoms with Gasteiger partial charge in [0, 0.05) is 49.9 Å². The fraction of sp³-hybridized carbons (Fsp3) is 0.333. The summed E-state index contributed by atoms with van der Waals surface area (Å²) in [7, 11) is -3.58. The van der Waals surface area contributed by atoms with Gasteiger partial charge in [-0.15, -0.1) is 0 Å².